The van der Waals surface area contributed by atoms with Gasteiger partial charge in [-0.3, -0.25) is 4.79 Å². The second kappa shape index (κ2) is 8.57. The number of carbonyl (C=O) groups is 2. The molecule has 3 aromatic carbocycles. The van der Waals surface area contributed by atoms with E-state index in [1.54, 1.807) is 24.3 Å². The van der Waals surface area contributed by atoms with Crippen LogP contribution in [0.2, 0.25) is 10.0 Å². The fourth-order valence-electron chi connectivity index (χ4n) is 3.06. The monoisotopic (exact) mass is 438 g/mol. The predicted octanol–water partition coefficient (Wildman–Crippen LogP) is 4.93. The van der Waals surface area contributed by atoms with E-state index in [4.69, 9.17) is 23.2 Å². The zero-order valence-electron chi connectivity index (χ0n) is 15.5. The molecular formula is C22H16Cl2N4O2. The highest BCUT2D eigenvalue weighted by atomic mass is 35.5. The highest BCUT2D eigenvalue weighted by molar-refractivity contribution is 6.44. The first-order valence-electron chi connectivity index (χ1n) is 9.08. The minimum absolute atomic E-state index is 0.209. The molecule has 3 amide bonds. The summed E-state index contributed by atoms with van der Waals surface area (Å²) in [5.74, 6) is -0.458. The first kappa shape index (κ1) is 19.9. The molecule has 1 aliphatic rings. The summed E-state index contributed by atoms with van der Waals surface area (Å²) in [6, 6.07) is 21.1. The maximum Gasteiger partial charge on any atom is 0.321 e. The molecule has 0 saturated heterocycles. The van der Waals surface area contributed by atoms with Crippen LogP contribution in [-0.4, -0.2) is 23.8 Å². The molecule has 3 N–H and O–H groups in total. The molecule has 6 nitrogen and oxygen atoms in total. The van der Waals surface area contributed by atoms with Gasteiger partial charge in [0.15, 0.2) is 0 Å². The number of benzene rings is 3. The van der Waals surface area contributed by atoms with Gasteiger partial charge in [-0.15, -0.1) is 0 Å². The van der Waals surface area contributed by atoms with E-state index in [0.717, 1.165) is 11.1 Å². The van der Waals surface area contributed by atoms with Gasteiger partial charge in [0.2, 0.25) is 6.17 Å². The largest absolute Gasteiger partial charge is 0.322 e. The average Bonchev–Trinajstić information content (AvgIpc) is 2.88. The first-order chi connectivity index (χ1) is 14.5. The number of hydrogen-bond acceptors (Lipinski definition) is 3. The Labute approximate surface area is 182 Å². The highest BCUT2D eigenvalue weighted by Gasteiger charge is 2.27. The summed E-state index contributed by atoms with van der Waals surface area (Å²) in [6.07, 6.45) is -1.15. The molecule has 0 spiro atoms. The number of nitrogens with one attached hydrogen (secondary N) is 3. The van der Waals surface area contributed by atoms with Crippen molar-refractivity contribution in [2.24, 2.45) is 4.99 Å². The predicted molar refractivity (Wildman–Crippen MR) is 120 cm³/mol. The van der Waals surface area contributed by atoms with E-state index in [0.29, 0.717) is 22.1 Å². The van der Waals surface area contributed by atoms with Crippen LogP contribution in [0.4, 0.5) is 16.2 Å². The lowest BCUT2D eigenvalue weighted by molar-refractivity contribution is -0.117. The SMILES string of the molecule is O=C(Nc1cccc(Cl)c1Cl)NC1N=C(c2ccccc2)c2ccccc2NC1=O. The van der Waals surface area contributed by atoms with E-state index < -0.39 is 18.1 Å². The van der Waals surface area contributed by atoms with E-state index in [-0.39, 0.29) is 5.02 Å². The second-order valence-corrected chi connectivity index (χ2v) is 7.27. The van der Waals surface area contributed by atoms with Gasteiger partial charge in [0.05, 0.1) is 27.1 Å². The van der Waals surface area contributed by atoms with Crippen LogP contribution in [0.5, 0.6) is 0 Å². The summed E-state index contributed by atoms with van der Waals surface area (Å²) in [4.78, 5) is 29.9. The number of rotatable bonds is 3. The number of benzodiazepines with no additional fused rings is 1. The highest BCUT2D eigenvalue weighted by Crippen LogP contribution is 2.29. The fourth-order valence-corrected chi connectivity index (χ4v) is 3.41. The molecule has 8 heteroatoms. The number of para-hydroxylation sites is 1. The molecule has 0 aliphatic carbocycles. The van der Waals surface area contributed by atoms with E-state index in [2.05, 4.69) is 20.9 Å². The number of hydrogen-bond donors (Lipinski definition) is 3. The van der Waals surface area contributed by atoms with Crippen LogP contribution in [-0.2, 0) is 4.79 Å². The number of urea groups is 1. The molecule has 0 bridgehead atoms. The summed E-state index contributed by atoms with van der Waals surface area (Å²) >= 11 is 12.1. The van der Waals surface area contributed by atoms with Gasteiger partial charge >= 0.3 is 6.03 Å². The van der Waals surface area contributed by atoms with Gasteiger partial charge in [0.25, 0.3) is 5.91 Å². The Hall–Kier alpha value is -3.35. The van der Waals surface area contributed by atoms with Crippen LogP contribution in [0, 0.1) is 0 Å². The van der Waals surface area contributed by atoms with Gasteiger partial charge in [-0.1, -0.05) is 77.8 Å². The van der Waals surface area contributed by atoms with E-state index in [1.807, 2.05) is 48.5 Å². The van der Waals surface area contributed by atoms with E-state index in [1.165, 1.54) is 0 Å². The van der Waals surface area contributed by atoms with Crippen LogP contribution in [0.3, 0.4) is 0 Å². The molecule has 0 fully saturated rings. The Bertz CT molecular complexity index is 1150. The number of halogens is 2. The Morgan fingerprint density at radius 1 is 0.933 bits per heavy atom. The molecule has 1 unspecified atom stereocenters. The smallest absolute Gasteiger partial charge is 0.321 e. The normalized spacial score (nSPS) is 15.3. The van der Waals surface area contributed by atoms with Crippen LogP contribution in [0.15, 0.2) is 77.8 Å². The Kier molecular flexibility index (Phi) is 5.70. The minimum atomic E-state index is -1.15. The molecule has 0 saturated carbocycles. The third-order valence-corrected chi connectivity index (χ3v) is 5.28. The standard InChI is InChI=1S/C22H16Cl2N4O2/c23-15-10-6-12-17(18(15)24)26-22(30)28-20-21(29)25-16-11-5-4-9-14(16)19(27-20)13-7-2-1-3-8-13/h1-12,20H,(H,25,29)(H2,26,28,30). The van der Waals surface area contributed by atoms with Crippen molar-refractivity contribution in [3.63, 3.8) is 0 Å². The van der Waals surface area contributed by atoms with Gasteiger partial charge in [-0.2, -0.15) is 0 Å². The van der Waals surface area contributed by atoms with E-state index in [9.17, 15) is 9.59 Å². The summed E-state index contributed by atoms with van der Waals surface area (Å²) < 4.78 is 0. The third-order valence-electron chi connectivity index (χ3n) is 4.46. The molecule has 0 radical (unpaired) electrons. The summed E-state index contributed by atoms with van der Waals surface area (Å²) in [5, 5.41) is 8.52. The zero-order chi connectivity index (χ0) is 21.1. The van der Waals surface area contributed by atoms with Crippen LogP contribution in [0.1, 0.15) is 11.1 Å². The molecule has 1 heterocycles. The van der Waals surface area contributed by atoms with Gasteiger partial charge in [0, 0.05) is 11.1 Å². The molecule has 30 heavy (non-hydrogen) atoms. The third kappa shape index (κ3) is 4.15. The van der Waals surface area contributed by atoms with Gasteiger partial charge in [0.1, 0.15) is 0 Å². The van der Waals surface area contributed by atoms with Gasteiger partial charge < -0.3 is 16.0 Å². The Morgan fingerprint density at radius 3 is 2.47 bits per heavy atom. The molecule has 3 aromatic rings. The number of anilines is 2. The van der Waals surface area contributed by atoms with Crippen molar-refractivity contribution in [1.82, 2.24) is 5.32 Å². The number of aliphatic imine (C=N–C) groups is 1. The van der Waals surface area contributed by atoms with Gasteiger partial charge in [-0.25, -0.2) is 9.79 Å². The molecule has 1 aliphatic heterocycles. The quantitative estimate of drug-likeness (QED) is 0.541. The molecule has 4 rings (SSSR count). The van der Waals surface area contributed by atoms with Crippen molar-refractivity contribution < 1.29 is 9.59 Å². The Morgan fingerprint density at radius 2 is 1.67 bits per heavy atom. The summed E-state index contributed by atoms with van der Waals surface area (Å²) in [7, 11) is 0. The maximum atomic E-state index is 12.8. The Balaban J connectivity index is 1.65. The number of nitrogens with zero attached hydrogens (tertiary/aromatic N) is 1. The van der Waals surface area contributed by atoms with Crippen molar-refractivity contribution in [2.45, 2.75) is 6.17 Å². The fraction of sp³-hybridized carbons (Fsp3) is 0.0455. The number of fused-ring (bicyclic) bond motifs is 1. The van der Waals surface area contributed by atoms with Crippen molar-refractivity contribution >= 4 is 52.2 Å². The lowest BCUT2D eigenvalue weighted by atomic mass is 10.0. The van der Waals surface area contributed by atoms with Crippen LogP contribution in [0.25, 0.3) is 0 Å². The lowest BCUT2D eigenvalue weighted by Gasteiger charge is -2.15. The lowest BCUT2D eigenvalue weighted by Crippen LogP contribution is -2.44. The summed E-state index contributed by atoms with van der Waals surface area (Å²) in [6.45, 7) is 0. The topological polar surface area (TPSA) is 82.6 Å². The summed E-state index contributed by atoms with van der Waals surface area (Å²) in [5.41, 5.74) is 3.13. The molecule has 150 valence electrons. The maximum absolute atomic E-state index is 12.8. The molecule has 0 aromatic heterocycles. The molecule has 1 atom stereocenters. The molecular weight excluding hydrogens is 423 g/mol. The van der Waals surface area contributed by atoms with Crippen LogP contribution < -0.4 is 16.0 Å². The van der Waals surface area contributed by atoms with Crippen molar-refractivity contribution in [2.75, 3.05) is 10.6 Å². The van der Waals surface area contributed by atoms with Gasteiger partial charge in [-0.05, 0) is 18.2 Å². The second-order valence-electron chi connectivity index (χ2n) is 6.48. The van der Waals surface area contributed by atoms with Crippen molar-refractivity contribution in [3.8, 4) is 0 Å². The first-order valence-corrected chi connectivity index (χ1v) is 9.83. The average molecular weight is 439 g/mol. The number of carbonyl (C=O) groups excluding carboxylic acids is 2. The zero-order valence-corrected chi connectivity index (χ0v) is 17.0. The van der Waals surface area contributed by atoms with Crippen molar-refractivity contribution in [1.29, 1.82) is 0 Å². The van der Waals surface area contributed by atoms with Crippen LogP contribution >= 0.6 is 23.2 Å². The minimum Gasteiger partial charge on any atom is -0.322 e. The van der Waals surface area contributed by atoms with Crippen molar-refractivity contribution in [3.05, 3.63) is 94.0 Å². The van der Waals surface area contributed by atoms with E-state index >= 15 is 0 Å². The number of amides is 3.